The standard InChI is InChI=1S/C15H21NO4S2/c1-21(17,18)14-8-10-15(11-9-14)22(19,20)16(13-6-7-13)12-4-2-3-5-12/h8-13H,2-7H2,1H3. The highest BCUT2D eigenvalue weighted by Crippen LogP contribution is 2.38. The molecule has 0 N–H and O–H groups in total. The van der Waals surface area contributed by atoms with Crippen LogP contribution in [-0.2, 0) is 19.9 Å². The van der Waals surface area contributed by atoms with Gasteiger partial charge in [-0.2, -0.15) is 4.31 Å². The van der Waals surface area contributed by atoms with Crippen LogP contribution in [0.3, 0.4) is 0 Å². The Hall–Kier alpha value is -0.920. The Morgan fingerprint density at radius 3 is 1.73 bits per heavy atom. The van der Waals surface area contributed by atoms with Crippen molar-refractivity contribution in [3.05, 3.63) is 24.3 Å². The lowest BCUT2D eigenvalue weighted by atomic mass is 10.2. The van der Waals surface area contributed by atoms with Crippen LogP contribution in [0.2, 0.25) is 0 Å². The summed E-state index contributed by atoms with van der Waals surface area (Å²) in [5, 5.41) is 0. The average Bonchev–Trinajstić information content (AvgIpc) is 3.12. The van der Waals surface area contributed by atoms with Crippen LogP contribution in [0.25, 0.3) is 0 Å². The quantitative estimate of drug-likeness (QED) is 0.821. The lowest BCUT2D eigenvalue weighted by Crippen LogP contribution is -2.40. The monoisotopic (exact) mass is 343 g/mol. The molecule has 7 heteroatoms. The molecule has 22 heavy (non-hydrogen) atoms. The van der Waals surface area contributed by atoms with E-state index in [1.54, 1.807) is 4.31 Å². The van der Waals surface area contributed by atoms with Crippen LogP contribution in [0.5, 0.6) is 0 Å². The highest BCUT2D eigenvalue weighted by Gasteiger charge is 2.43. The second-order valence-corrected chi connectivity index (χ2v) is 10.1. The highest BCUT2D eigenvalue weighted by molar-refractivity contribution is 7.90. The lowest BCUT2D eigenvalue weighted by Gasteiger charge is -2.28. The van der Waals surface area contributed by atoms with Gasteiger partial charge in [0.05, 0.1) is 9.79 Å². The van der Waals surface area contributed by atoms with E-state index in [1.165, 1.54) is 24.3 Å². The van der Waals surface area contributed by atoms with Crippen molar-refractivity contribution in [1.29, 1.82) is 0 Å². The predicted octanol–water partition coefficient (Wildman–Crippen LogP) is 2.19. The van der Waals surface area contributed by atoms with Crippen molar-refractivity contribution in [3.8, 4) is 0 Å². The summed E-state index contributed by atoms with van der Waals surface area (Å²) >= 11 is 0. The molecule has 0 bridgehead atoms. The molecular weight excluding hydrogens is 322 g/mol. The summed E-state index contributed by atoms with van der Waals surface area (Å²) < 4.78 is 50.6. The van der Waals surface area contributed by atoms with Gasteiger partial charge in [-0.15, -0.1) is 0 Å². The molecule has 0 spiro atoms. The number of rotatable bonds is 5. The maximum absolute atomic E-state index is 12.9. The zero-order chi connectivity index (χ0) is 16.0. The van der Waals surface area contributed by atoms with Crippen LogP contribution in [0.4, 0.5) is 0 Å². The molecule has 3 rings (SSSR count). The first-order valence-electron chi connectivity index (χ1n) is 7.64. The number of sulfone groups is 1. The molecule has 2 fully saturated rings. The minimum Gasteiger partial charge on any atom is -0.224 e. The molecule has 0 aromatic heterocycles. The number of hydrogen-bond acceptors (Lipinski definition) is 4. The first kappa shape index (κ1) is 16.0. The molecule has 2 saturated carbocycles. The Labute approximate surface area is 132 Å². The van der Waals surface area contributed by atoms with Gasteiger partial charge in [-0.05, 0) is 49.9 Å². The zero-order valence-electron chi connectivity index (χ0n) is 12.6. The molecule has 0 saturated heterocycles. The van der Waals surface area contributed by atoms with E-state index in [-0.39, 0.29) is 21.9 Å². The van der Waals surface area contributed by atoms with Crippen molar-refractivity contribution in [2.45, 2.75) is 60.4 Å². The summed E-state index contributed by atoms with van der Waals surface area (Å²) in [4.78, 5) is 0.337. The third kappa shape index (κ3) is 3.07. The van der Waals surface area contributed by atoms with E-state index in [9.17, 15) is 16.8 Å². The normalized spacial score (nSPS) is 20.6. The van der Waals surface area contributed by atoms with Gasteiger partial charge in [0.15, 0.2) is 9.84 Å². The average molecular weight is 343 g/mol. The largest absolute Gasteiger partial charge is 0.243 e. The van der Waals surface area contributed by atoms with Gasteiger partial charge in [0.25, 0.3) is 0 Å². The lowest BCUT2D eigenvalue weighted by molar-refractivity contribution is 0.314. The van der Waals surface area contributed by atoms with Crippen molar-refractivity contribution < 1.29 is 16.8 Å². The molecule has 0 atom stereocenters. The fourth-order valence-electron chi connectivity index (χ4n) is 3.16. The second-order valence-electron chi connectivity index (χ2n) is 6.25. The maximum atomic E-state index is 12.9. The van der Waals surface area contributed by atoms with E-state index >= 15 is 0 Å². The molecule has 0 heterocycles. The van der Waals surface area contributed by atoms with Gasteiger partial charge >= 0.3 is 0 Å². The summed E-state index contributed by atoms with van der Waals surface area (Å²) in [5.41, 5.74) is 0. The maximum Gasteiger partial charge on any atom is 0.243 e. The minimum atomic E-state index is -3.54. The van der Waals surface area contributed by atoms with Gasteiger partial charge in [0.2, 0.25) is 10.0 Å². The van der Waals surface area contributed by atoms with Crippen LogP contribution in [0.1, 0.15) is 38.5 Å². The van der Waals surface area contributed by atoms with Crippen LogP contribution in [0, 0.1) is 0 Å². The number of nitrogens with zero attached hydrogens (tertiary/aromatic N) is 1. The van der Waals surface area contributed by atoms with Gasteiger partial charge in [0, 0.05) is 18.3 Å². The molecule has 0 amide bonds. The predicted molar refractivity (Wildman–Crippen MR) is 83.9 cm³/mol. The molecule has 1 aromatic carbocycles. The Morgan fingerprint density at radius 1 is 0.818 bits per heavy atom. The van der Waals surface area contributed by atoms with Crippen molar-refractivity contribution >= 4 is 19.9 Å². The van der Waals surface area contributed by atoms with Crippen LogP contribution in [-0.4, -0.2) is 39.5 Å². The van der Waals surface area contributed by atoms with Gasteiger partial charge in [-0.25, -0.2) is 16.8 Å². The number of sulfonamides is 1. The molecule has 122 valence electrons. The van der Waals surface area contributed by atoms with E-state index in [4.69, 9.17) is 0 Å². The summed E-state index contributed by atoms with van der Waals surface area (Å²) in [7, 11) is -6.86. The van der Waals surface area contributed by atoms with E-state index in [1.807, 2.05) is 0 Å². The minimum absolute atomic E-state index is 0.104. The third-order valence-electron chi connectivity index (χ3n) is 4.42. The van der Waals surface area contributed by atoms with Crippen molar-refractivity contribution in [3.63, 3.8) is 0 Å². The molecule has 0 unspecified atom stereocenters. The van der Waals surface area contributed by atoms with Gasteiger partial charge in [-0.1, -0.05) is 12.8 Å². The first-order valence-corrected chi connectivity index (χ1v) is 11.0. The van der Waals surface area contributed by atoms with Crippen LogP contribution < -0.4 is 0 Å². The molecule has 1 aromatic rings. The number of benzene rings is 1. The van der Waals surface area contributed by atoms with Crippen LogP contribution in [0.15, 0.2) is 34.1 Å². The van der Waals surface area contributed by atoms with Crippen molar-refractivity contribution in [2.24, 2.45) is 0 Å². The fraction of sp³-hybridized carbons (Fsp3) is 0.600. The second kappa shape index (κ2) is 5.62. The molecule has 0 aliphatic heterocycles. The molecule has 5 nitrogen and oxygen atoms in total. The highest BCUT2D eigenvalue weighted by atomic mass is 32.2. The molecule has 2 aliphatic carbocycles. The summed E-state index contributed by atoms with van der Waals surface area (Å²) in [6, 6.07) is 5.81. The number of hydrogen-bond donors (Lipinski definition) is 0. The fourth-order valence-corrected chi connectivity index (χ4v) is 5.72. The summed E-state index contributed by atoms with van der Waals surface area (Å²) in [6.07, 6.45) is 6.99. The molecule has 2 aliphatic rings. The van der Waals surface area contributed by atoms with Crippen molar-refractivity contribution in [2.75, 3.05) is 6.26 Å². The van der Waals surface area contributed by atoms with E-state index in [0.29, 0.717) is 0 Å². The zero-order valence-corrected chi connectivity index (χ0v) is 14.2. The van der Waals surface area contributed by atoms with Crippen LogP contribution >= 0.6 is 0 Å². The van der Waals surface area contributed by atoms with Gasteiger partial charge < -0.3 is 0 Å². The summed E-state index contributed by atoms with van der Waals surface area (Å²) in [5.74, 6) is 0. The van der Waals surface area contributed by atoms with E-state index in [0.717, 1.165) is 44.8 Å². The smallest absolute Gasteiger partial charge is 0.224 e. The Bertz CT molecular complexity index is 743. The Morgan fingerprint density at radius 2 is 1.27 bits per heavy atom. The van der Waals surface area contributed by atoms with Gasteiger partial charge in [0.1, 0.15) is 0 Å². The topological polar surface area (TPSA) is 71.5 Å². The van der Waals surface area contributed by atoms with E-state index in [2.05, 4.69) is 0 Å². The Kier molecular flexibility index (Phi) is 4.07. The van der Waals surface area contributed by atoms with Gasteiger partial charge in [-0.3, -0.25) is 0 Å². The van der Waals surface area contributed by atoms with Crippen molar-refractivity contribution in [1.82, 2.24) is 4.31 Å². The summed E-state index contributed by atoms with van der Waals surface area (Å²) in [6.45, 7) is 0. The Balaban J connectivity index is 1.93. The molecule has 0 radical (unpaired) electrons. The SMILES string of the molecule is CS(=O)(=O)c1ccc(S(=O)(=O)N(C2CCCC2)C2CC2)cc1. The first-order chi connectivity index (χ1) is 10.3. The third-order valence-corrected chi connectivity index (χ3v) is 7.57. The van der Waals surface area contributed by atoms with E-state index < -0.39 is 19.9 Å². The molecular formula is C15H21NO4S2.